The lowest BCUT2D eigenvalue weighted by atomic mass is 9.70. The van der Waals surface area contributed by atoms with E-state index in [1.54, 1.807) is 6.92 Å². The smallest absolute Gasteiger partial charge is 0.310 e. The molecule has 4 heteroatoms. The second kappa shape index (κ2) is 2.59. The van der Waals surface area contributed by atoms with Gasteiger partial charge in [0.25, 0.3) is 0 Å². The highest BCUT2D eigenvalue weighted by atomic mass is 16.4. The van der Waals surface area contributed by atoms with Crippen molar-refractivity contribution in [2.45, 2.75) is 13.3 Å². The SMILES string of the molecule is C[C@@]1(C(=O)O)[C@H](C(=O)O)[C@@H]2C=C[C@H]1C2. The summed E-state index contributed by atoms with van der Waals surface area (Å²) in [5, 5.41) is 18.1. The molecule has 0 aliphatic heterocycles. The van der Waals surface area contributed by atoms with E-state index in [9.17, 15) is 9.59 Å². The van der Waals surface area contributed by atoms with Crippen LogP contribution in [0.1, 0.15) is 13.3 Å². The monoisotopic (exact) mass is 196 g/mol. The molecule has 1 saturated carbocycles. The van der Waals surface area contributed by atoms with Crippen molar-refractivity contribution in [2.24, 2.45) is 23.2 Å². The third-order valence-corrected chi connectivity index (χ3v) is 3.69. The van der Waals surface area contributed by atoms with Gasteiger partial charge in [-0.3, -0.25) is 9.59 Å². The Morgan fingerprint density at radius 2 is 2.00 bits per heavy atom. The van der Waals surface area contributed by atoms with Gasteiger partial charge >= 0.3 is 11.9 Å². The Morgan fingerprint density at radius 3 is 2.43 bits per heavy atom. The number of hydrogen-bond acceptors (Lipinski definition) is 2. The predicted octanol–water partition coefficient (Wildman–Crippen LogP) is 0.984. The van der Waals surface area contributed by atoms with E-state index in [2.05, 4.69) is 0 Å². The molecule has 2 aliphatic rings. The number of carbonyl (C=O) groups is 2. The van der Waals surface area contributed by atoms with Crippen molar-refractivity contribution in [2.75, 3.05) is 0 Å². The molecule has 0 saturated heterocycles. The van der Waals surface area contributed by atoms with Gasteiger partial charge in [-0.2, -0.15) is 0 Å². The number of fused-ring (bicyclic) bond motifs is 2. The lowest BCUT2D eigenvalue weighted by molar-refractivity contribution is -0.162. The maximum absolute atomic E-state index is 11.1. The van der Waals surface area contributed by atoms with Crippen molar-refractivity contribution in [3.8, 4) is 0 Å². The van der Waals surface area contributed by atoms with E-state index in [0.717, 1.165) is 0 Å². The van der Waals surface area contributed by atoms with Crippen LogP contribution in [0.3, 0.4) is 0 Å². The number of aliphatic carboxylic acids is 2. The molecule has 1 fully saturated rings. The van der Waals surface area contributed by atoms with Crippen molar-refractivity contribution in [3.05, 3.63) is 12.2 Å². The van der Waals surface area contributed by atoms with Crippen LogP contribution in [0.25, 0.3) is 0 Å². The summed E-state index contributed by atoms with van der Waals surface area (Å²) in [5.41, 5.74) is -1.12. The molecule has 0 aromatic carbocycles. The standard InChI is InChI=1S/C10H12O4/c1-10(9(13)14)6-3-2-5(4-6)7(10)8(11)12/h2-3,5-7H,4H2,1H3,(H,11,12)(H,13,14)/t5-,6+,7+,10+/m1/s1. The minimum Gasteiger partial charge on any atom is -0.481 e. The fourth-order valence-electron chi connectivity index (χ4n) is 2.83. The van der Waals surface area contributed by atoms with Gasteiger partial charge in [-0.25, -0.2) is 0 Å². The van der Waals surface area contributed by atoms with Crippen molar-refractivity contribution >= 4 is 11.9 Å². The minimum absolute atomic E-state index is 0.0985. The number of rotatable bonds is 2. The van der Waals surface area contributed by atoms with Gasteiger partial charge in [0.15, 0.2) is 0 Å². The van der Waals surface area contributed by atoms with Crippen LogP contribution in [0.5, 0.6) is 0 Å². The highest BCUT2D eigenvalue weighted by Gasteiger charge is 2.60. The van der Waals surface area contributed by atoms with Crippen LogP contribution in [0.2, 0.25) is 0 Å². The average Bonchev–Trinajstić information content (AvgIpc) is 2.61. The van der Waals surface area contributed by atoms with Gasteiger partial charge in [-0.1, -0.05) is 12.2 Å². The Balaban J connectivity index is 2.45. The van der Waals surface area contributed by atoms with Crippen molar-refractivity contribution in [1.29, 1.82) is 0 Å². The first-order valence-electron chi connectivity index (χ1n) is 4.62. The maximum atomic E-state index is 11.1. The Morgan fingerprint density at radius 1 is 1.36 bits per heavy atom. The van der Waals surface area contributed by atoms with Crippen LogP contribution in [0.15, 0.2) is 12.2 Å². The Labute approximate surface area is 81.2 Å². The van der Waals surface area contributed by atoms with Crippen molar-refractivity contribution in [3.63, 3.8) is 0 Å². The molecular formula is C10H12O4. The van der Waals surface area contributed by atoms with E-state index in [1.165, 1.54) is 0 Å². The molecule has 76 valence electrons. The number of hydrogen-bond donors (Lipinski definition) is 2. The third-order valence-electron chi connectivity index (χ3n) is 3.69. The quantitative estimate of drug-likeness (QED) is 0.646. The highest BCUT2D eigenvalue weighted by molar-refractivity contribution is 5.85. The van der Waals surface area contributed by atoms with Crippen molar-refractivity contribution in [1.82, 2.24) is 0 Å². The van der Waals surface area contributed by atoms with Crippen molar-refractivity contribution < 1.29 is 19.8 Å². The first-order chi connectivity index (χ1) is 6.48. The van der Waals surface area contributed by atoms with Gasteiger partial charge in [-0.15, -0.1) is 0 Å². The summed E-state index contributed by atoms with van der Waals surface area (Å²) in [6.07, 6.45) is 4.35. The summed E-state index contributed by atoms with van der Waals surface area (Å²) in [6.45, 7) is 1.54. The molecule has 0 aromatic rings. The summed E-state index contributed by atoms with van der Waals surface area (Å²) < 4.78 is 0. The molecule has 0 spiro atoms. The molecule has 0 unspecified atom stereocenters. The summed E-state index contributed by atoms with van der Waals surface area (Å²) >= 11 is 0. The average molecular weight is 196 g/mol. The van der Waals surface area contributed by atoms with Crippen LogP contribution in [0, 0.1) is 23.2 Å². The largest absolute Gasteiger partial charge is 0.481 e. The zero-order valence-electron chi connectivity index (χ0n) is 7.80. The predicted molar refractivity (Wildman–Crippen MR) is 47.6 cm³/mol. The van der Waals surface area contributed by atoms with Crippen LogP contribution in [-0.4, -0.2) is 22.2 Å². The van der Waals surface area contributed by atoms with Gasteiger partial charge < -0.3 is 10.2 Å². The van der Waals surface area contributed by atoms with E-state index in [1.807, 2.05) is 12.2 Å². The number of carboxylic acid groups (broad SMARTS) is 2. The Kier molecular flexibility index (Phi) is 1.71. The Bertz CT molecular complexity index is 333. The minimum atomic E-state index is -1.12. The zero-order valence-corrected chi connectivity index (χ0v) is 7.80. The van der Waals surface area contributed by atoms with Gasteiger partial charge in [0.05, 0.1) is 11.3 Å². The topological polar surface area (TPSA) is 74.6 Å². The molecule has 0 heterocycles. The maximum Gasteiger partial charge on any atom is 0.310 e. The molecule has 2 aliphatic carbocycles. The van der Waals surface area contributed by atoms with Crippen LogP contribution in [-0.2, 0) is 9.59 Å². The molecule has 14 heavy (non-hydrogen) atoms. The van der Waals surface area contributed by atoms with E-state index in [0.29, 0.717) is 6.42 Å². The second-order valence-corrected chi connectivity index (χ2v) is 4.29. The first-order valence-corrected chi connectivity index (χ1v) is 4.62. The summed E-state index contributed by atoms with van der Waals surface area (Å²) in [7, 11) is 0. The molecule has 0 amide bonds. The Hall–Kier alpha value is -1.32. The molecule has 2 N–H and O–H groups in total. The lowest BCUT2D eigenvalue weighted by Gasteiger charge is -2.31. The fourth-order valence-corrected chi connectivity index (χ4v) is 2.83. The lowest BCUT2D eigenvalue weighted by Crippen LogP contribution is -2.43. The first kappa shape index (κ1) is 9.24. The molecule has 0 radical (unpaired) electrons. The molecule has 2 rings (SSSR count). The van der Waals surface area contributed by atoms with Crippen LogP contribution >= 0.6 is 0 Å². The van der Waals surface area contributed by atoms with E-state index in [4.69, 9.17) is 10.2 Å². The van der Waals surface area contributed by atoms with Crippen LogP contribution in [0.4, 0.5) is 0 Å². The third kappa shape index (κ3) is 0.882. The highest BCUT2D eigenvalue weighted by Crippen LogP contribution is 2.56. The van der Waals surface area contributed by atoms with E-state index < -0.39 is 23.3 Å². The molecule has 4 atom stereocenters. The van der Waals surface area contributed by atoms with Gasteiger partial charge in [0.2, 0.25) is 0 Å². The molecule has 0 aromatic heterocycles. The molecular weight excluding hydrogens is 184 g/mol. The second-order valence-electron chi connectivity index (χ2n) is 4.29. The summed E-state index contributed by atoms with van der Waals surface area (Å²) in [5.74, 6) is -2.98. The summed E-state index contributed by atoms with van der Waals surface area (Å²) in [4.78, 5) is 22.1. The normalized spacial score (nSPS) is 44.2. The van der Waals surface area contributed by atoms with Gasteiger partial charge in [0.1, 0.15) is 0 Å². The fraction of sp³-hybridized carbons (Fsp3) is 0.600. The van der Waals surface area contributed by atoms with E-state index >= 15 is 0 Å². The number of carboxylic acids is 2. The van der Waals surface area contributed by atoms with E-state index in [-0.39, 0.29) is 11.8 Å². The van der Waals surface area contributed by atoms with Gasteiger partial charge in [0, 0.05) is 0 Å². The summed E-state index contributed by atoms with van der Waals surface area (Å²) in [6, 6.07) is 0. The molecule has 4 nitrogen and oxygen atoms in total. The zero-order chi connectivity index (χ0) is 10.5. The molecule has 2 bridgehead atoms. The van der Waals surface area contributed by atoms with Crippen LogP contribution < -0.4 is 0 Å². The van der Waals surface area contributed by atoms with Gasteiger partial charge in [-0.05, 0) is 25.2 Å². The number of allylic oxidation sites excluding steroid dienone is 2.